The zero-order chi connectivity index (χ0) is 19.2. The lowest BCUT2D eigenvalue weighted by atomic mass is 9.95. The number of rotatable bonds is 6. The molecule has 0 radical (unpaired) electrons. The Kier molecular flexibility index (Phi) is 5.92. The molecule has 3 nitrogen and oxygen atoms in total. The Morgan fingerprint density at radius 1 is 0.852 bits per heavy atom. The first-order valence-corrected chi connectivity index (χ1v) is 9.19. The molecule has 0 saturated heterocycles. The van der Waals surface area contributed by atoms with Crippen LogP contribution in [0.5, 0.6) is 5.75 Å². The van der Waals surface area contributed by atoms with Gasteiger partial charge in [-0.05, 0) is 49.6 Å². The highest BCUT2D eigenvalue weighted by molar-refractivity contribution is 5.81. The van der Waals surface area contributed by atoms with Crippen molar-refractivity contribution in [2.75, 3.05) is 0 Å². The van der Waals surface area contributed by atoms with E-state index in [0.29, 0.717) is 5.75 Å². The van der Waals surface area contributed by atoms with Crippen molar-refractivity contribution >= 4 is 5.91 Å². The molecule has 2 unspecified atom stereocenters. The maximum absolute atomic E-state index is 12.8. The average Bonchev–Trinajstić information content (AvgIpc) is 2.69. The Hall–Kier alpha value is -3.07. The summed E-state index contributed by atoms with van der Waals surface area (Å²) >= 11 is 0. The van der Waals surface area contributed by atoms with Crippen LogP contribution in [0.2, 0.25) is 0 Å². The number of hydrogen-bond acceptors (Lipinski definition) is 2. The number of benzene rings is 3. The van der Waals surface area contributed by atoms with E-state index in [-0.39, 0.29) is 11.9 Å². The van der Waals surface area contributed by atoms with Gasteiger partial charge in [0.2, 0.25) is 0 Å². The van der Waals surface area contributed by atoms with E-state index in [9.17, 15) is 4.79 Å². The molecule has 0 bridgehead atoms. The largest absolute Gasteiger partial charge is 0.481 e. The predicted octanol–water partition coefficient (Wildman–Crippen LogP) is 4.98. The molecular formula is C24H25NO2. The molecule has 27 heavy (non-hydrogen) atoms. The topological polar surface area (TPSA) is 38.3 Å². The van der Waals surface area contributed by atoms with E-state index in [1.165, 1.54) is 0 Å². The molecule has 3 aromatic carbocycles. The zero-order valence-corrected chi connectivity index (χ0v) is 16.0. The van der Waals surface area contributed by atoms with Gasteiger partial charge in [0.25, 0.3) is 5.91 Å². The van der Waals surface area contributed by atoms with Crippen LogP contribution in [0.1, 0.15) is 35.2 Å². The van der Waals surface area contributed by atoms with Crippen LogP contribution in [-0.2, 0) is 4.79 Å². The Morgan fingerprint density at radius 3 is 2.15 bits per heavy atom. The number of hydrogen-bond donors (Lipinski definition) is 1. The lowest BCUT2D eigenvalue weighted by Crippen LogP contribution is -2.39. The normalized spacial score (nSPS) is 12.9. The van der Waals surface area contributed by atoms with Crippen molar-refractivity contribution < 1.29 is 9.53 Å². The molecule has 2 atom stereocenters. The zero-order valence-electron chi connectivity index (χ0n) is 16.0. The predicted molar refractivity (Wildman–Crippen MR) is 109 cm³/mol. The summed E-state index contributed by atoms with van der Waals surface area (Å²) in [5, 5.41) is 3.16. The molecule has 3 aromatic rings. The van der Waals surface area contributed by atoms with Gasteiger partial charge < -0.3 is 10.1 Å². The van der Waals surface area contributed by atoms with Crippen molar-refractivity contribution in [2.24, 2.45) is 0 Å². The van der Waals surface area contributed by atoms with E-state index >= 15 is 0 Å². The number of amides is 1. The molecule has 138 valence electrons. The van der Waals surface area contributed by atoms with E-state index in [0.717, 1.165) is 22.3 Å². The first kappa shape index (κ1) is 18.7. The highest BCUT2D eigenvalue weighted by atomic mass is 16.5. The average molecular weight is 359 g/mol. The summed E-state index contributed by atoms with van der Waals surface area (Å²) in [6.07, 6.45) is -0.595. The van der Waals surface area contributed by atoms with Crippen LogP contribution in [0, 0.1) is 13.8 Å². The summed E-state index contributed by atoms with van der Waals surface area (Å²) in [5.74, 6) is 0.545. The molecule has 0 saturated carbocycles. The van der Waals surface area contributed by atoms with Crippen LogP contribution >= 0.6 is 0 Å². The van der Waals surface area contributed by atoms with E-state index in [4.69, 9.17) is 4.74 Å². The van der Waals surface area contributed by atoms with Crippen molar-refractivity contribution in [3.8, 4) is 5.75 Å². The maximum atomic E-state index is 12.8. The van der Waals surface area contributed by atoms with Gasteiger partial charge in [0.1, 0.15) is 5.75 Å². The lowest BCUT2D eigenvalue weighted by Gasteiger charge is -2.24. The first-order chi connectivity index (χ1) is 13.0. The second kappa shape index (κ2) is 8.54. The van der Waals surface area contributed by atoms with Gasteiger partial charge in [-0.25, -0.2) is 0 Å². The van der Waals surface area contributed by atoms with E-state index in [2.05, 4.69) is 24.4 Å². The molecule has 0 fully saturated rings. The van der Waals surface area contributed by atoms with Crippen molar-refractivity contribution in [1.29, 1.82) is 0 Å². The summed E-state index contributed by atoms with van der Waals surface area (Å²) in [6, 6.07) is 25.6. The summed E-state index contributed by atoms with van der Waals surface area (Å²) in [4.78, 5) is 12.8. The third kappa shape index (κ3) is 4.76. The Balaban J connectivity index is 1.80. The van der Waals surface area contributed by atoms with Gasteiger partial charge in [-0.1, -0.05) is 72.3 Å². The summed E-state index contributed by atoms with van der Waals surface area (Å²) in [7, 11) is 0. The van der Waals surface area contributed by atoms with Crippen LogP contribution in [-0.4, -0.2) is 12.0 Å². The molecule has 1 amide bonds. The second-order valence-electron chi connectivity index (χ2n) is 6.78. The minimum atomic E-state index is -0.595. The van der Waals surface area contributed by atoms with Gasteiger partial charge in [0.05, 0.1) is 6.04 Å². The number of carbonyl (C=O) groups excluding carboxylic acids is 1. The van der Waals surface area contributed by atoms with E-state index in [1.54, 1.807) is 6.92 Å². The Bertz CT molecular complexity index is 888. The van der Waals surface area contributed by atoms with Crippen LogP contribution < -0.4 is 10.1 Å². The molecule has 0 aliphatic heterocycles. The van der Waals surface area contributed by atoms with Gasteiger partial charge in [0, 0.05) is 0 Å². The van der Waals surface area contributed by atoms with Crippen molar-refractivity contribution in [2.45, 2.75) is 32.9 Å². The molecule has 0 aliphatic carbocycles. The van der Waals surface area contributed by atoms with E-state index in [1.807, 2.05) is 73.7 Å². The van der Waals surface area contributed by atoms with Crippen LogP contribution in [0.4, 0.5) is 0 Å². The molecule has 0 spiro atoms. The van der Waals surface area contributed by atoms with Gasteiger partial charge >= 0.3 is 0 Å². The van der Waals surface area contributed by atoms with Crippen molar-refractivity contribution in [3.05, 3.63) is 101 Å². The number of carbonyl (C=O) groups is 1. The highest BCUT2D eigenvalue weighted by Crippen LogP contribution is 2.25. The molecule has 0 heterocycles. The number of aryl methyl sites for hydroxylation is 2. The molecule has 3 heteroatoms. The van der Waals surface area contributed by atoms with Gasteiger partial charge in [-0.3, -0.25) is 4.79 Å². The fourth-order valence-corrected chi connectivity index (χ4v) is 3.03. The van der Waals surface area contributed by atoms with Crippen molar-refractivity contribution in [1.82, 2.24) is 5.32 Å². The number of nitrogens with one attached hydrogen (secondary N) is 1. The van der Waals surface area contributed by atoms with Gasteiger partial charge in [-0.15, -0.1) is 0 Å². The minimum Gasteiger partial charge on any atom is -0.481 e. The molecule has 0 aliphatic rings. The molecule has 0 aromatic heterocycles. The van der Waals surface area contributed by atoms with Crippen molar-refractivity contribution in [3.63, 3.8) is 0 Å². The monoisotopic (exact) mass is 359 g/mol. The van der Waals surface area contributed by atoms with Crippen LogP contribution in [0.3, 0.4) is 0 Å². The quantitative estimate of drug-likeness (QED) is 0.674. The Morgan fingerprint density at radius 2 is 1.48 bits per heavy atom. The Labute approximate surface area is 161 Å². The fourth-order valence-electron chi connectivity index (χ4n) is 3.03. The fraction of sp³-hybridized carbons (Fsp3) is 0.208. The smallest absolute Gasteiger partial charge is 0.261 e. The minimum absolute atomic E-state index is 0.146. The molecular weight excluding hydrogens is 334 g/mol. The standard InChI is InChI=1S/C24H25NO2/c1-17-13-15-21(16-14-17)27-19(3)24(26)25-23(20-10-5-4-6-11-20)22-12-8-7-9-18(22)2/h4-16,19,23H,1-3H3,(H,25,26). The third-order valence-electron chi connectivity index (χ3n) is 4.62. The van der Waals surface area contributed by atoms with Gasteiger partial charge in [-0.2, -0.15) is 0 Å². The lowest BCUT2D eigenvalue weighted by molar-refractivity contribution is -0.127. The first-order valence-electron chi connectivity index (χ1n) is 9.19. The third-order valence-corrected chi connectivity index (χ3v) is 4.62. The van der Waals surface area contributed by atoms with Crippen LogP contribution in [0.15, 0.2) is 78.9 Å². The maximum Gasteiger partial charge on any atom is 0.261 e. The van der Waals surface area contributed by atoms with Crippen LogP contribution in [0.25, 0.3) is 0 Å². The molecule has 1 N–H and O–H groups in total. The van der Waals surface area contributed by atoms with E-state index < -0.39 is 6.10 Å². The summed E-state index contributed by atoms with van der Waals surface area (Å²) < 4.78 is 5.82. The summed E-state index contributed by atoms with van der Waals surface area (Å²) in [6.45, 7) is 5.85. The SMILES string of the molecule is Cc1ccc(OC(C)C(=O)NC(c2ccccc2)c2ccccc2C)cc1. The second-order valence-corrected chi connectivity index (χ2v) is 6.78. The number of ether oxygens (including phenoxy) is 1. The molecule has 3 rings (SSSR count). The van der Waals surface area contributed by atoms with Gasteiger partial charge in [0.15, 0.2) is 6.10 Å². The summed E-state index contributed by atoms with van der Waals surface area (Å²) in [5.41, 5.74) is 4.42. The highest BCUT2D eigenvalue weighted by Gasteiger charge is 2.22.